The molecule has 0 amide bonds. The highest BCUT2D eigenvalue weighted by molar-refractivity contribution is 5.51. The summed E-state index contributed by atoms with van der Waals surface area (Å²) in [5, 5.41) is 3.61. The standard InChI is InChI=1S/C19H21NO4/c1-21-14-5-12(6-15(9-14)22-2)7-17-16-10-19-18(23-11-24-19)8-13(16)3-4-20-17/h5-6,8-10,17,20H,3-4,7,11H2,1-2H3. The molecule has 0 radical (unpaired) electrons. The Morgan fingerprint density at radius 3 is 2.42 bits per heavy atom. The van der Waals surface area contributed by atoms with Crippen LogP contribution in [0, 0.1) is 0 Å². The van der Waals surface area contributed by atoms with Gasteiger partial charge in [0, 0.05) is 12.1 Å². The van der Waals surface area contributed by atoms with Crippen LogP contribution in [0.1, 0.15) is 22.7 Å². The van der Waals surface area contributed by atoms with Gasteiger partial charge in [-0.2, -0.15) is 0 Å². The fourth-order valence-electron chi connectivity index (χ4n) is 3.43. The van der Waals surface area contributed by atoms with E-state index in [1.165, 1.54) is 16.7 Å². The summed E-state index contributed by atoms with van der Waals surface area (Å²) >= 11 is 0. The van der Waals surface area contributed by atoms with Crippen LogP contribution < -0.4 is 24.3 Å². The molecular weight excluding hydrogens is 306 g/mol. The second-order valence-corrected chi connectivity index (χ2v) is 6.09. The van der Waals surface area contributed by atoms with E-state index in [2.05, 4.69) is 29.6 Å². The molecule has 1 N–H and O–H groups in total. The molecule has 0 aromatic heterocycles. The summed E-state index contributed by atoms with van der Waals surface area (Å²) in [5.41, 5.74) is 3.79. The third kappa shape index (κ3) is 2.76. The number of rotatable bonds is 4. The molecule has 2 aromatic rings. The molecule has 5 nitrogen and oxygen atoms in total. The van der Waals surface area contributed by atoms with Crippen LogP contribution in [0.3, 0.4) is 0 Å². The highest BCUT2D eigenvalue weighted by atomic mass is 16.7. The first-order valence-electron chi connectivity index (χ1n) is 8.14. The lowest BCUT2D eigenvalue weighted by Crippen LogP contribution is -2.31. The van der Waals surface area contributed by atoms with Crippen LogP contribution in [0.25, 0.3) is 0 Å². The Kier molecular flexibility index (Phi) is 3.94. The molecule has 4 rings (SSSR count). The van der Waals surface area contributed by atoms with Crippen molar-refractivity contribution >= 4 is 0 Å². The Bertz CT molecular complexity index is 737. The second-order valence-electron chi connectivity index (χ2n) is 6.09. The van der Waals surface area contributed by atoms with Gasteiger partial charge in [-0.15, -0.1) is 0 Å². The number of ether oxygens (including phenoxy) is 4. The van der Waals surface area contributed by atoms with Gasteiger partial charge in [-0.1, -0.05) is 0 Å². The molecule has 2 aromatic carbocycles. The van der Waals surface area contributed by atoms with Crippen molar-refractivity contribution in [2.45, 2.75) is 18.9 Å². The lowest BCUT2D eigenvalue weighted by atomic mass is 9.90. The Morgan fingerprint density at radius 2 is 1.71 bits per heavy atom. The lowest BCUT2D eigenvalue weighted by Gasteiger charge is -2.27. The minimum Gasteiger partial charge on any atom is -0.497 e. The number of nitrogens with one attached hydrogen (secondary N) is 1. The van der Waals surface area contributed by atoms with E-state index in [4.69, 9.17) is 18.9 Å². The average molecular weight is 327 g/mol. The smallest absolute Gasteiger partial charge is 0.231 e. The van der Waals surface area contributed by atoms with Crippen LogP contribution in [0.15, 0.2) is 30.3 Å². The van der Waals surface area contributed by atoms with E-state index in [1.807, 2.05) is 6.07 Å². The van der Waals surface area contributed by atoms with E-state index >= 15 is 0 Å². The number of hydrogen-bond acceptors (Lipinski definition) is 5. The topological polar surface area (TPSA) is 49.0 Å². The zero-order valence-corrected chi connectivity index (χ0v) is 13.9. The van der Waals surface area contributed by atoms with Gasteiger partial charge in [-0.05, 0) is 60.3 Å². The molecule has 24 heavy (non-hydrogen) atoms. The highest BCUT2D eigenvalue weighted by Crippen LogP contribution is 2.39. The van der Waals surface area contributed by atoms with Crippen molar-refractivity contribution in [3.05, 3.63) is 47.0 Å². The first-order valence-corrected chi connectivity index (χ1v) is 8.14. The van der Waals surface area contributed by atoms with Gasteiger partial charge in [0.2, 0.25) is 6.79 Å². The third-order valence-corrected chi connectivity index (χ3v) is 4.65. The van der Waals surface area contributed by atoms with E-state index in [1.54, 1.807) is 14.2 Å². The molecule has 0 bridgehead atoms. The van der Waals surface area contributed by atoms with Gasteiger partial charge in [0.15, 0.2) is 11.5 Å². The predicted octanol–water partition coefficient (Wildman–Crippen LogP) is 2.86. The minimum atomic E-state index is 0.236. The molecule has 0 saturated heterocycles. The normalized spacial score (nSPS) is 18.2. The van der Waals surface area contributed by atoms with Gasteiger partial charge >= 0.3 is 0 Å². The van der Waals surface area contributed by atoms with Crippen molar-refractivity contribution < 1.29 is 18.9 Å². The maximum absolute atomic E-state index is 5.55. The van der Waals surface area contributed by atoms with E-state index < -0.39 is 0 Å². The summed E-state index contributed by atoms with van der Waals surface area (Å²) in [6.07, 6.45) is 1.87. The van der Waals surface area contributed by atoms with Crippen molar-refractivity contribution in [2.24, 2.45) is 0 Å². The number of methoxy groups -OCH3 is 2. The SMILES string of the molecule is COc1cc(CC2NCCc3cc4c(cc32)OCO4)cc(OC)c1. The highest BCUT2D eigenvalue weighted by Gasteiger charge is 2.25. The maximum Gasteiger partial charge on any atom is 0.231 e. The van der Waals surface area contributed by atoms with Crippen molar-refractivity contribution in [3.8, 4) is 23.0 Å². The minimum absolute atomic E-state index is 0.236. The van der Waals surface area contributed by atoms with Gasteiger partial charge in [-0.3, -0.25) is 0 Å². The van der Waals surface area contributed by atoms with E-state index in [9.17, 15) is 0 Å². The Labute approximate surface area is 141 Å². The quantitative estimate of drug-likeness (QED) is 0.936. The summed E-state index contributed by atoms with van der Waals surface area (Å²) in [6, 6.07) is 10.5. The number of benzene rings is 2. The largest absolute Gasteiger partial charge is 0.497 e. The van der Waals surface area contributed by atoms with Crippen LogP contribution in [0.4, 0.5) is 0 Å². The molecule has 5 heteroatoms. The fourth-order valence-corrected chi connectivity index (χ4v) is 3.43. The van der Waals surface area contributed by atoms with Crippen molar-refractivity contribution in [1.82, 2.24) is 5.32 Å². The van der Waals surface area contributed by atoms with Gasteiger partial charge in [0.05, 0.1) is 14.2 Å². The molecule has 1 atom stereocenters. The fraction of sp³-hybridized carbons (Fsp3) is 0.368. The summed E-state index contributed by atoms with van der Waals surface area (Å²) in [6.45, 7) is 1.27. The molecule has 0 spiro atoms. The predicted molar refractivity (Wildman–Crippen MR) is 90.3 cm³/mol. The molecule has 1 unspecified atom stereocenters. The molecule has 2 aliphatic heterocycles. The zero-order valence-electron chi connectivity index (χ0n) is 13.9. The van der Waals surface area contributed by atoms with Crippen LogP contribution in [0.5, 0.6) is 23.0 Å². The average Bonchev–Trinajstić information content (AvgIpc) is 3.07. The van der Waals surface area contributed by atoms with Crippen molar-refractivity contribution in [2.75, 3.05) is 27.6 Å². The molecular formula is C19H21NO4. The van der Waals surface area contributed by atoms with Crippen LogP contribution in [0.2, 0.25) is 0 Å². The summed E-state index contributed by atoms with van der Waals surface area (Å²) in [4.78, 5) is 0. The summed E-state index contributed by atoms with van der Waals surface area (Å²) in [7, 11) is 3.35. The van der Waals surface area contributed by atoms with E-state index in [0.29, 0.717) is 6.79 Å². The molecule has 2 heterocycles. The molecule has 0 aliphatic carbocycles. The van der Waals surface area contributed by atoms with Gasteiger partial charge in [0.25, 0.3) is 0 Å². The van der Waals surface area contributed by atoms with Crippen molar-refractivity contribution in [3.63, 3.8) is 0 Å². The van der Waals surface area contributed by atoms with E-state index in [0.717, 1.165) is 42.4 Å². The Balaban J connectivity index is 1.65. The second kappa shape index (κ2) is 6.24. The molecule has 126 valence electrons. The zero-order chi connectivity index (χ0) is 16.5. The van der Waals surface area contributed by atoms with Gasteiger partial charge in [-0.25, -0.2) is 0 Å². The summed E-state index contributed by atoms with van der Waals surface area (Å²) in [5.74, 6) is 3.32. The van der Waals surface area contributed by atoms with Crippen LogP contribution in [-0.4, -0.2) is 27.6 Å². The number of fused-ring (bicyclic) bond motifs is 2. The number of hydrogen-bond donors (Lipinski definition) is 1. The lowest BCUT2D eigenvalue weighted by molar-refractivity contribution is 0.174. The van der Waals surface area contributed by atoms with Gasteiger partial charge in [0.1, 0.15) is 11.5 Å². The summed E-state index contributed by atoms with van der Waals surface area (Å²) < 4.78 is 21.8. The molecule has 0 saturated carbocycles. The van der Waals surface area contributed by atoms with Gasteiger partial charge < -0.3 is 24.3 Å². The molecule has 0 fully saturated rings. The monoisotopic (exact) mass is 327 g/mol. The Hall–Kier alpha value is -2.40. The third-order valence-electron chi connectivity index (χ3n) is 4.65. The first kappa shape index (κ1) is 15.1. The van der Waals surface area contributed by atoms with Crippen molar-refractivity contribution in [1.29, 1.82) is 0 Å². The maximum atomic E-state index is 5.55. The van der Waals surface area contributed by atoms with Crippen LogP contribution >= 0.6 is 0 Å². The first-order chi connectivity index (χ1) is 11.8. The molecule has 2 aliphatic rings. The van der Waals surface area contributed by atoms with E-state index in [-0.39, 0.29) is 6.04 Å². The van der Waals surface area contributed by atoms with Crippen LogP contribution in [-0.2, 0) is 12.8 Å². The Morgan fingerprint density at radius 1 is 1.00 bits per heavy atom.